The molecule has 0 amide bonds. The molecule has 80 valence electrons. The Bertz CT molecular complexity index is 467. The molecule has 0 heterocycles. The van der Waals surface area contributed by atoms with Crippen LogP contribution in [0, 0.1) is 6.92 Å². The van der Waals surface area contributed by atoms with Gasteiger partial charge in [-0.1, -0.05) is 60.2 Å². The van der Waals surface area contributed by atoms with E-state index in [0.29, 0.717) is 0 Å². The first-order valence-electron chi connectivity index (χ1n) is 5.96. The lowest BCUT2D eigenvalue weighted by molar-refractivity contribution is 1.02. The van der Waals surface area contributed by atoms with Gasteiger partial charge in [0.1, 0.15) is 0 Å². The van der Waals surface area contributed by atoms with Crippen LogP contribution in [0.3, 0.4) is 0 Å². The molecule has 0 bridgehead atoms. The second-order valence-corrected chi connectivity index (χ2v) is 4.77. The summed E-state index contributed by atoms with van der Waals surface area (Å²) >= 11 is 0. The van der Waals surface area contributed by atoms with Crippen LogP contribution in [0.5, 0.6) is 0 Å². The van der Waals surface area contributed by atoms with Crippen molar-refractivity contribution in [2.24, 2.45) is 0 Å². The molecule has 3 rings (SSSR count). The maximum atomic E-state index is 2.28. The van der Waals surface area contributed by atoms with Gasteiger partial charge in [0.2, 0.25) is 0 Å². The number of benzene rings is 2. The Balaban J connectivity index is 1.79. The van der Waals surface area contributed by atoms with E-state index in [4.69, 9.17) is 0 Å². The molecule has 0 spiro atoms. The zero-order valence-corrected chi connectivity index (χ0v) is 9.56. The number of rotatable bonds is 2. The highest BCUT2D eigenvalue weighted by atomic mass is 14.4. The third kappa shape index (κ3) is 1.76. The van der Waals surface area contributed by atoms with Crippen LogP contribution in [0.4, 0.5) is 0 Å². The molecule has 0 radical (unpaired) electrons. The van der Waals surface area contributed by atoms with Crippen molar-refractivity contribution >= 4 is 0 Å². The van der Waals surface area contributed by atoms with Crippen LogP contribution in [0.25, 0.3) is 0 Å². The Hall–Kier alpha value is -1.56. The molecule has 0 heteroatoms. The largest absolute Gasteiger partial charge is 0.0622 e. The van der Waals surface area contributed by atoms with Crippen LogP contribution in [-0.4, -0.2) is 0 Å². The minimum atomic E-state index is 0.753. The summed E-state index contributed by atoms with van der Waals surface area (Å²) in [6.45, 7) is 2.14. The van der Waals surface area contributed by atoms with E-state index in [2.05, 4.69) is 61.5 Å². The predicted molar refractivity (Wildman–Crippen MR) is 67.7 cm³/mol. The van der Waals surface area contributed by atoms with Crippen molar-refractivity contribution in [2.45, 2.75) is 25.2 Å². The highest BCUT2D eigenvalue weighted by Gasteiger charge is 2.38. The predicted octanol–water partition coefficient (Wildman–Crippen LogP) is 4.27. The average Bonchev–Trinajstić information content (AvgIpc) is 3.11. The van der Waals surface area contributed by atoms with Crippen molar-refractivity contribution in [1.29, 1.82) is 0 Å². The van der Waals surface area contributed by atoms with Crippen LogP contribution in [-0.2, 0) is 0 Å². The summed E-state index contributed by atoms with van der Waals surface area (Å²) in [4.78, 5) is 0. The van der Waals surface area contributed by atoms with Gasteiger partial charge in [0, 0.05) is 0 Å². The summed E-state index contributed by atoms with van der Waals surface area (Å²) < 4.78 is 0. The van der Waals surface area contributed by atoms with Crippen molar-refractivity contribution in [1.82, 2.24) is 0 Å². The van der Waals surface area contributed by atoms with Crippen molar-refractivity contribution in [3.05, 3.63) is 71.3 Å². The molecule has 1 fully saturated rings. The number of hydrogen-bond acceptors (Lipinski definition) is 0. The maximum absolute atomic E-state index is 2.28. The quantitative estimate of drug-likeness (QED) is 0.691. The van der Waals surface area contributed by atoms with Gasteiger partial charge >= 0.3 is 0 Å². The molecule has 0 N–H and O–H groups in total. The molecular formula is C16H16. The van der Waals surface area contributed by atoms with E-state index in [1.165, 1.54) is 23.1 Å². The number of hydrogen-bond donors (Lipinski definition) is 0. The Labute approximate surface area is 96.9 Å². The lowest BCUT2D eigenvalue weighted by Crippen LogP contribution is -1.84. The van der Waals surface area contributed by atoms with Crippen molar-refractivity contribution in [2.75, 3.05) is 0 Å². The maximum Gasteiger partial charge on any atom is -0.00868 e. The average molecular weight is 208 g/mol. The lowest BCUT2D eigenvalue weighted by Gasteiger charge is -2.01. The van der Waals surface area contributed by atoms with Crippen LogP contribution < -0.4 is 0 Å². The van der Waals surface area contributed by atoms with E-state index < -0.39 is 0 Å². The minimum absolute atomic E-state index is 0.753. The summed E-state index contributed by atoms with van der Waals surface area (Å²) in [6, 6.07) is 19.9. The van der Waals surface area contributed by atoms with E-state index in [9.17, 15) is 0 Å². The first-order valence-corrected chi connectivity index (χ1v) is 5.96. The topological polar surface area (TPSA) is 0 Å². The third-order valence-electron chi connectivity index (χ3n) is 3.52. The van der Waals surface area contributed by atoms with Crippen LogP contribution in [0.15, 0.2) is 54.6 Å². The van der Waals surface area contributed by atoms with Gasteiger partial charge in [-0.15, -0.1) is 0 Å². The van der Waals surface area contributed by atoms with Gasteiger partial charge in [-0.25, -0.2) is 0 Å². The fourth-order valence-electron chi connectivity index (χ4n) is 2.45. The molecule has 1 aliphatic rings. The molecule has 2 atom stereocenters. The molecule has 0 aromatic heterocycles. The summed E-state index contributed by atoms with van der Waals surface area (Å²) in [5.41, 5.74) is 4.34. The van der Waals surface area contributed by atoms with Gasteiger partial charge in [0.15, 0.2) is 0 Å². The van der Waals surface area contributed by atoms with E-state index in [1.807, 2.05) is 0 Å². The Kier molecular flexibility index (Phi) is 2.28. The highest BCUT2D eigenvalue weighted by Crippen LogP contribution is 2.54. The number of aryl methyl sites for hydroxylation is 1. The van der Waals surface area contributed by atoms with Gasteiger partial charge in [-0.05, 0) is 36.3 Å². The highest BCUT2D eigenvalue weighted by molar-refractivity contribution is 5.37. The van der Waals surface area contributed by atoms with Gasteiger partial charge < -0.3 is 0 Å². The van der Waals surface area contributed by atoms with Crippen molar-refractivity contribution in [3.63, 3.8) is 0 Å². The lowest BCUT2D eigenvalue weighted by atomic mass is 10.0. The summed E-state index contributed by atoms with van der Waals surface area (Å²) in [6.07, 6.45) is 1.31. The second kappa shape index (κ2) is 3.79. The molecule has 0 saturated heterocycles. The van der Waals surface area contributed by atoms with E-state index in [0.717, 1.165) is 11.8 Å². The smallest absolute Gasteiger partial charge is 0.00868 e. The van der Waals surface area contributed by atoms with Crippen molar-refractivity contribution < 1.29 is 0 Å². The van der Waals surface area contributed by atoms with E-state index in [-0.39, 0.29) is 0 Å². The molecule has 2 aromatic rings. The fraction of sp³-hybridized carbons (Fsp3) is 0.250. The standard InChI is InChI=1S/C16H16/c1-12-7-9-14(10-8-12)16-11-15(16)13-5-3-2-4-6-13/h2-10,15-16H,11H2,1H3. The van der Waals surface area contributed by atoms with Gasteiger partial charge in [-0.2, -0.15) is 0 Å². The molecule has 2 aromatic carbocycles. The van der Waals surface area contributed by atoms with E-state index >= 15 is 0 Å². The van der Waals surface area contributed by atoms with Crippen LogP contribution in [0.2, 0.25) is 0 Å². The Morgan fingerprint density at radius 2 is 1.31 bits per heavy atom. The van der Waals surface area contributed by atoms with E-state index in [1.54, 1.807) is 0 Å². The molecule has 2 unspecified atom stereocenters. The first-order chi connectivity index (χ1) is 7.84. The van der Waals surface area contributed by atoms with Crippen LogP contribution >= 0.6 is 0 Å². The van der Waals surface area contributed by atoms with Crippen molar-refractivity contribution in [3.8, 4) is 0 Å². The molecular weight excluding hydrogens is 192 g/mol. The second-order valence-electron chi connectivity index (χ2n) is 4.77. The zero-order valence-electron chi connectivity index (χ0n) is 9.56. The molecule has 16 heavy (non-hydrogen) atoms. The summed E-state index contributed by atoms with van der Waals surface area (Å²) in [7, 11) is 0. The summed E-state index contributed by atoms with van der Waals surface area (Å²) in [5, 5.41) is 0. The normalized spacial score (nSPS) is 23.1. The third-order valence-corrected chi connectivity index (χ3v) is 3.52. The zero-order chi connectivity index (χ0) is 11.0. The fourth-order valence-corrected chi connectivity index (χ4v) is 2.45. The summed E-state index contributed by atoms with van der Waals surface area (Å²) in [5.74, 6) is 1.51. The molecule has 1 aliphatic carbocycles. The Morgan fingerprint density at radius 1 is 0.750 bits per heavy atom. The minimum Gasteiger partial charge on any atom is -0.0622 e. The van der Waals surface area contributed by atoms with Crippen LogP contribution in [0.1, 0.15) is 34.9 Å². The molecule has 0 nitrogen and oxygen atoms in total. The van der Waals surface area contributed by atoms with Gasteiger partial charge in [0.25, 0.3) is 0 Å². The molecule has 1 saturated carbocycles. The Morgan fingerprint density at radius 3 is 1.94 bits per heavy atom. The first kappa shape index (κ1) is 9.65. The van der Waals surface area contributed by atoms with Gasteiger partial charge in [0.05, 0.1) is 0 Å². The monoisotopic (exact) mass is 208 g/mol. The molecule has 0 aliphatic heterocycles. The van der Waals surface area contributed by atoms with Gasteiger partial charge in [-0.3, -0.25) is 0 Å². The SMILES string of the molecule is Cc1ccc(C2CC2c2ccccc2)cc1.